The summed E-state index contributed by atoms with van der Waals surface area (Å²) in [4.78, 5) is 2.43. The van der Waals surface area contributed by atoms with Gasteiger partial charge in [0.05, 0.1) is 19.2 Å². The summed E-state index contributed by atoms with van der Waals surface area (Å²) in [5.74, 6) is 1.17. The average molecular weight is 488 g/mol. The Labute approximate surface area is 206 Å². The van der Waals surface area contributed by atoms with Crippen molar-refractivity contribution in [3.8, 4) is 5.75 Å². The fraction of sp³-hybridized carbons (Fsp3) is 0.360. The fourth-order valence-corrected chi connectivity index (χ4v) is 5.05. The van der Waals surface area contributed by atoms with E-state index in [0.717, 1.165) is 53.7 Å². The van der Waals surface area contributed by atoms with Gasteiger partial charge in [-0.2, -0.15) is 4.52 Å². The van der Waals surface area contributed by atoms with E-state index in [1.807, 2.05) is 18.2 Å². The SMILES string of the molecule is COc1ccc2cc(C(c3nnnn3Cc3ccc(F)cc3)N3CCCCCC3)c3nnnn3c2c1. The second-order valence-corrected chi connectivity index (χ2v) is 9.11. The zero-order chi connectivity index (χ0) is 24.5. The molecular weight excluding hydrogens is 461 g/mol. The van der Waals surface area contributed by atoms with Crippen LogP contribution in [0.1, 0.15) is 48.7 Å². The zero-order valence-electron chi connectivity index (χ0n) is 20.0. The summed E-state index contributed by atoms with van der Waals surface area (Å²) in [5.41, 5.74) is 3.37. The van der Waals surface area contributed by atoms with Crippen LogP contribution in [0.25, 0.3) is 16.6 Å². The van der Waals surface area contributed by atoms with Crippen LogP contribution in [0.4, 0.5) is 4.39 Å². The molecule has 0 radical (unpaired) electrons. The summed E-state index contributed by atoms with van der Waals surface area (Å²) in [6.07, 6.45) is 4.59. The number of pyridine rings is 1. The number of methoxy groups -OCH3 is 1. The van der Waals surface area contributed by atoms with Gasteiger partial charge in [0.15, 0.2) is 11.5 Å². The maximum Gasteiger partial charge on any atom is 0.185 e. The smallest absolute Gasteiger partial charge is 0.185 e. The van der Waals surface area contributed by atoms with E-state index in [-0.39, 0.29) is 11.9 Å². The molecule has 1 aliphatic rings. The number of nitrogens with zero attached hydrogens (tertiary/aromatic N) is 9. The molecule has 0 aliphatic carbocycles. The maximum atomic E-state index is 13.5. The molecule has 1 atom stereocenters. The van der Waals surface area contributed by atoms with E-state index in [4.69, 9.17) is 4.74 Å². The van der Waals surface area contributed by atoms with E-state index >= 15 is 0 Å². The highest BCUT2D eigenvalue weighted by atomic mass is 19.1. The van der Waals surface area contributed by atoms with Crippen LogP contribution in [-0.4, -0.2) is 65.3 Å². The fourth-order valence-electron chi connectivity index (χ4n) is 5.05. The Morgan fingerprint density at radius 2 is 1.69 bits per heavy atom. The minimum Gasteiger partial charge on any atom is -0.497 e. The Hall–Kier alpha value is -3.99. The molecule has 36 heavy (non-hydrogen) atoms. The van der Waals surface area contributed by atoms with Crippen LogP contribution in [0.5, 0.6) is 5.75 Å². The topological polar surface area (TPSA) is 99.2 Å². The number of hydrogen-bond acceptors (Lipinski definition) is 8. The number of tetrazole rings is 2. The van der Waals surface area contributed by atoms with Crippen LogP contribution >= 0.6 is 0 Å². The molecule has 0 saturated carbocycles. The van der Waals surface area contributed by atoms with E-state index < -0.39 is 0 Å². The van der Waals surface area contributed by atoms with Crippen molar-refractivity contribution < 1.29 is 9.13 Å². The monoisotopic (exact) mass is 487 g/mol. The van der Waals surface area contributed by atoms with Crippen molar-refractivity contribution in [2.75, 3.05) is 20.2 Å². The average Bonchev–Trinajstić information content (AvgIpc) is 3.49. The van der Waals surface area contributed by atoms with Crippen LogP contribution in [0, 0.1) is 5.82 Å². The van der Waals surface area contributed by atoms with Crippen molar-refractivity contribution in [3.63, 3.8) is 0 Å². The van der Waals surface area contributed by atoms with Crippen molar-refractivity contribution in [3.05, 3.63) is 71.3 Å². The summed E-state index contributed by atoms with van der Waals surface area (Å²) >= 11 is 0. The minimum absolute atomic E-state index is 0.251. The quantitative estimate of drug-likeness (QED) is 0.359. The van der Waals surface area contributed by atoms with E-state index in [2.05, 4.69) is 42.0 Å². The van der Waals surface area contributed by atoms with Crippen LogP contribution < -0.4 is 4.74 Å². The third-order valence-corrected chi connectivity index (χ3v) is 6.85. The third kappa shape index (κ3) is 4.15. The number of rotatable bonds is 6. The Morgan fingerprint density at radius 1 is 0.917 bits per heavy atom. The largest absolute Gasteiger partial charge is 0.497 e. The van der Waals surface area contributed by atoms with Gasteiger partial charge in [-0.1, -0.05) is 25.0 Å². The van der Waals surface area contributed by atoms with Crippen LogP contribution in [-0.2, 0) is 6.54 Å². The van der Waals surface area contributed by atoms with Gasteiger partial charge in [0, 0.05) is 17.0 Å². The molecule has 1 saturated heterocycles. The molecule has 1 fully saturated rings. The molecule has 10 nitrogen and oxygen atoms in total. The predicted octanol–water partition coefficient (Wildman–Crippen LogP) is 3.43. The number of fused-ring (bicyclic) bond motifs is 3. The standard InChI is InChI=1S/C25H26FN9O/c1-36-20-11-8-18-14-21(24-27-30-32-35(24)22(18)15-20)23(33-12-4-2-3-5-13-33)25-28-29-31-34(25)16-17-6-9-19(26)10-7-17/h6-11,14-15,23H,2-5,12-13,16H2,1H3. The van der Waals surface area contributed by atoms with Crippen molar-refractivity contribution >= 4 is 16.6 Å². The van der Waals surface area contributed by atoms with E-state index in [1.54, 1.807) is 28.4 Å². The molecule has 0 bridgehead atoms. The molecule has 4 heterocycles. The highest BCUT2D eigenvalue weighted by molar-refractivity contribution is 5.84. The van der Waals surface area contributed by atoms with Crippen LogP contribution in [0.2, 0.25) is 0 Å². The Morgan fingerprint density at radius 3 is 2.47 bits per heavy atom. The normalized spacial score (nSPS) is 15.8. The van der Waals surface area contributed by atoms with Crippen molar-refractivity contribution in [1.29, 1.82) is 0 Å². The highest BCUT2D eigenvalue weighted by Crippen LogP contribution is 2.34. The first kappa shape index (κ1) is 22.5. The lowest BCUT2D eigenvalue weighted by Crippen LogP contribution is -2.33. The summed E-state index contributed by atoms with van der Waals surface area (Å²) in [5, 5.41) is 26.6. The molecule has 11 heteroatoms. The molecule has 2 aromatic carbocycles. The minimum atomic E-state index is -0.271. The Bertz CT molecular complexity index is 1490. The summed E-state index contributed by atoms with van der Waals surface area (Å²) in [6.45, 7) is 2.27. The van der Waals surface area contributed by atoms with E-state index in [9.17, 15) is 4.39 Å². The van der Waals surface area contributed by atoms with Gasteiger partial charge in [0.25, 0.3) is 0 Å². The van der Waals surface area contributed by atoms with Gasteiger partial charge in [-0.15, -0.1) is 10.2 Å². The van der Waals surface area contributed by atoms with E-state index in [0.29, 0.717) is 18.0 Å². The lowest BCUT2D eigenvalue weighted by atomic mass is 10.0. The molecular formula is C25H26FN9O. The Balaban J connectivity index is 1.51. The molecule has 184 valence electrons. The molecule has 5 aromatic rings. The summed E-state index contributed by atoms with van der Waals surface area (Å²) in [6, 6.07) is 14.2. The molecule has 0 amide bonds. The molecule has 3 aromatic heterocycles. The molecule has 1 unspecified atom stereocenters. The van der Waals surface area contributed by atoms with Crippen molar-refractivity contribution in [1.82, 2.24) is 45.1 Å². The molecule has 0 spiro atoms. The maximum absolute atomic E-state index is 13.5. The van der Waals surface area contributed by atoms with Gasteiger partial charge in [-0.3, -0.25) is 4.90 Å². The lowest BCUT2D eigenvalue weighted by Gasteiger charge is -2.30. The van der Waals surface area contributed by atoms with Crippen LogP contribution in [0.15, 0.2) is 48.5 Å². The first-order chi connectivity index (χ1) is 17.7. The van der Waals surface area contributed by atoms with E-state index in [1.165, 1.54) is 25.0 Å². The summed E-state index contributed by atoms with van der Waals surface area (Å²) in [7, 11) is 1.64. The number of benzene rings is 2. The number of halogens is 1. The first-order valence-electron chi connectivity index (χ1n) is 12.1. The second kappa shape index (κ2) is 9.57. The molecule has 6 rings (SSSR count). The lowest BCUT2D eigenvalue weighted by molar-refractivity contribution is 0.222. The van der Waals surface area contributed by atoms with Crippen LogP contribution in [0.3, 0.4) is 0 Å². The van der Waals surface area contributed by atoms with Gasteiger partial charge in [-0.05, 0) is 82.7 Å². The Kier molecular flexibility index (Phi) is 5.98. The van der Waals surface area contributed by atoms with Crippen molar-refractivity contribution in [2.24, 2.45) is 0 Å². The van der Waals surface area contributed by atoms with Gasteiger partial charge in [-0.25, -0.2) is 9.07 Å². The highest BCUT2D eigenvalue weighted by Gasteiger charge is 2.31. The zero-order valence-corrected chi connectivity index (χ0v) is 20.0. The second-order valence-electron chi connectivity index (χ2n) is 9.11. The van der Waals surface area contributed by atoms with Gasteiger partial charge >= 0.3 is 0 Å². The van der Waals surface area contributed by atoms with Gasteiger partial charge in [0.1, 0.15) is 17.6 Å². The molecule has 0 N–H and O–H groups in total. The number of hydrogen-bond donors (Lipinski definition) is 0. The number of aromatic nitrogens is 8. The van der Waals surface area contributed by atoms with Gasteiger partial charge < -0.3 is 4.74 Å². The number of ether oxygens (including phenoxy) is 1. The van der Waals surface area contributed by atoms with Crippen molar-refractivity contribution in [2.45, 2.75) is 38.3 Å². The predicted molar refractivity (Wildman–Crippen MR) is 130 cm³/mol. The third-order valence-electron chi connectivity index (χ3n) is 6.85. The van der Waals surface area contributed by atoms with Gasteiger partial charge in [0.2, 0.25) is 0 Å². The molecule has 1 aliphatic heterocycles. The first-order valence-corrected chi connectivity index (χ1v) is 12.1. The summed E-state index contributed by atoms with van der Waals surface area (Å²) < 4.78 is 22.5. The number of likely N-dealkylation sites (tertiary alicyclic amines) is 1.